The number of benzene rings is 2. The molecule has 2 amide bonds. The standard InChI is InChI=1S/C30H39N3O4/c34-28-27(23-36-22-25-11-5-2-6-12-25)31-29(35)30(33(28)21-26-14-8-20-37-26)15-18-32(19-16-30)17-7-13-24-9-3-1-4-10-24/h1-6,9-12,26-27H,7-8,13-23H2,(H,31,35). The molecule has 2 aromatic carbocycles. The van der Waals surface area contributed by atoms with Gasteiger partial charge < -0.3 is 24.6 Å². The Morgan fingerprint density at radius 1 is 0.973 bits per heavy atom. The summed E-state index contributed by atoms with van der Waals surface area (Å²) in [6.07, 6.45) is 5.38. The summed E-state index contributed by atoms with van der Waals surface area (Å²) in [5.41, 5.74) is 1.61. The van der Waals surface area contributed by atoms with Crippen molar-refractivity contribution in [2.45, 2.75) is 62.8 Å². The van der Waals surface area contributed by atoms with Crippen LogP contribution in [0.25, 0.3) is 0 Å². The van der Waals surface area contributed by atoms with Gasteiger partial charge in [-0.05, 0) is 56.2 Å². The molecule has 2 aromatic rings. The van der Waals surface area contributed by atoms with E-state index in [4.69, 9.17) is 9.47 Å². The van der Waals surface area contributed by atoms with Gasteiger partial charge in [0.25, 0.3) is 0 Å². The Morgan fingerprint density at radius 2 is 1.68 bits per heavy atom. The van der Waals surface area contributed by atoms with Crippen LogP contribution < -0.4 is 5.32 Å². The lowest BCUT2D eigenvalue weighted by molar-refractivity contribution is -0.165. The van der Waals surface area contributed by atoms with Crippen LogP contribution in [0.15, 0.2) is 60.7 Å². The minimum absolute atomic E-state index is 0.00140. The summed E-state index contributed by atoms with van der Waals surface area (Å²) in [5, 5.41) is 3.03. The minimum atomic E-state index is -0.797. The summed E-state index contributed by atoms with van der Waals surface area (Å²) in [6.45, 7) is 4.42. The van der Waals surface area contributed by atoms with Gasteiger partial charge >= 0.3 is 0 Å². The number of carbonyl (C=O) groups excluding carboxylic acids is 2. The number of nitrogens with zero attached hydrogens (tertiary/aromatic N) is 2. The van der Waals surface area contributed by atoms with E-state index in [1.54, 1.807) is 0 Å². The first-order valence-electron chi connectivity index (χ1n) is 13.8. The van der Waals surface area contributed by atoms with E-state index < -0.39 is 11.6 Å². The van der Waals surface area contributed by atoms with E-state index in [2.05, 4.69) is 34.5 Å². The second-order valence-electron chi connectivity index (χ2n) is 10.6. The number of carbonyl (C=O) groups is 2. The predicted molar refractivity (Wildman–Crippen MR) is 142 cm³/mol. The molecular formula is C30H39N3O4. The zero-order valence-corrected chi connectivity index (χ0v) is 21.6. The Bertz CT molecular complexity index is 1020. The molecule has 2 unspecified atom stereocenters. The number of ether oxygens (including phenoxy) is 2. The fourth-order valence-corrected chi connectivity index (χ4v) is 5.91. The molecule has 5 rings (SSSR count). The number of rotatable bonds is 10. The number of hydrogen-bond acceptors (Lipinski definition) is 5. The maximum absolute atomic E-state index is 13.7. The monoisotopic (exact) mass is 505 g/mol. The molecule has 0 aromatic heterocycles. The molecule has 3 fully saturated rings. The van der Waals surface area contributed by atoms with Gasteiger partial charge in [-0.15, -0.1) is 0 Å². The van der Waals surface area contributed by atoms with Crippen LogP contribution in [-0.4, -0.2) is 78.7 Å². The largest absolute Gasteiger partial charge is 0.376 e. The first-order valence-corrected chi connectivity index (χ1v) is 13.8. The van der Waals surface area contributed by atoms with Crippen molar-refractivity contribution in [1.82, 2.24) is 15.1 Å². The van der Waals surface area contributed by atoms with E-state index in [-0.39, 0.29) is 24.5 Å². The lowest BCUT2D eigenvalue weighted by Crippen LogP contribution is -2.74. The summed E-state index contributed by atoms with van der Waals surface area (Å²) in [5.74, 6) is -0.0805. The summed E-state index contributed by atoms with van der Waals surface area (Å²) in [6, 6.07) is 19.8. The van der Waals surface area contributed by atoms with Crippen molar-refractivity contribution in [3.8, 4) is 0 Å². The zero-order chi connectivity index (χ0) is 25.5. The summed E-state index contributed by atoms with van der Waals surface area (Å²) in [4.78, 5) is 31.7. The summed E-state index contributed by atoms with van der Waals surface area (Å²) < 4.78 is 11.8. The molecule has 0 radical (unpaired) electrons. The van der Waals surface area contributed by atoms with Gasteiger partial charge in [0.05, 0.1) is 19.3 Å². The molecule has 7 heteroatoms. The zero-order valence-electron chi connectivity index (χ0n) is 21.6. The first kappa shape index (κ1) is 25.9. The van der Waals surface area contributed by atoms with Crippen molar-refractivity contribution in [2.75, 3.05) is 39.4 Å². The Balaban J connectivity index is 1.20. The molecule has 3 saturated heterocycles. The second-order valence-corrected chi connectivity index (χ2v) is 10.6. The predicted octanol–water partition coefficient (Wildman–Crippen LogP) is 3.18. The van der Waals surface area contributed by atoms with Crippen LogP contribution >= 0.6 is 0 Å². The van der Waals surface area contributed by atoms with Gasteiger partial charge in [-0.25, -0.2) is 0 Å². The number of piperazine rings is 1. The van der Waals surface area contributed by atoms with Crippen LogP contribution in [0, 0.1) is 0 Å². The fraction of sp³-hybridized carbons (Fsp3) is 0.533. The Morgan fingerprint density at radius 3 is 2.35 bits per heavy atom. The van der Waals surface area contributed by atoms with Crippen molar-refractivity contribution in [3.05, 3.63) is 71.8 Å². The van der Waals surface area contributed by atoms with Crippen molar-refractivity contribution < 1.29 is 19.1 Å². The van der Waals surface area contributed by atoms with Crippen LogP contribution in [0.4, 0.5) is 0 Å². The third kappa shape index (κ3) is 6.22. The highest BCUT2D eigenvalue weighted by molar-refractivity contribution is 6.00. The number of nitrogens with one attached hydrogen (secondary N) is 1. The van der Waals surface area contributed by atoms with Crippen molar-refractivity contribution in [3.63, 3.8) is 0 Å². The maximum atomic E-state index is 13.7. The normalized spacial score (nSPS) is 23.9. The van der Waals surface area contributed by atoms with Gasteiger partial charge in [-0.3, -0.25) is 9.59 Å². The van der Waals surface area contributed by atoms with Crippen LogP contribution in [0.5, 0.6) is 0 Å². The van der Waals surface area contributed by atoms with Gasteiger partial charge in [-0.1, -0.05) is 60.7 Å². The number of aryl methyl sites for hydroxylation is 1. The highest BCUT2D eigenvalue weighted by Crippen LogP contribution is 2.34. The van der Waals surface area contributed by atoms with Crippen LogP contribution in [-0.2, 0) is 32.1 Å². The average molecular weight is 506 g/mol. The Hall–Kier alpha value is -2.74. The van der Waals surface area contributed by atoms with Crippen molar-refractivity contribution in [2.24, 2.45) is 0 Å². The summed E-state index contributed by atoms with van der Waals surface area (Å²) in [7, 11) is 0. The lowest BCUT2D eigenvalue weighted by Gasteiger charge is -2.52. The van der Waals surface area contributed by atoms with E-state index in [9.17, 15) is 9.59 Å². The topological polar surface area (TPSA) is 71.1 Å². The fourth-order valence-electron chi connectivity index (χ4n) is 5.91. The highest BCUT2D eigenvalue weighted by atomic mass is 16.5. The average Bonchev–Trinajstić information content (AvgIpc) is 3.45. The van der Waals surface area contributed by atoms with Gasteiger partial charge in [0.1, 0.15) is 11.6 Å². The Labute approximate surface area is 220 Å². The quantitative estimate of drug-likeness (QED) is 0.537. The van der Waals surface area contributed by atoms with Crippen molar-refractivity contribution in [1.29, 1.82) is 0 Å². The second kappa shape index (κ2) is 12.2. The minimum Gasteiger partial charge on any atom is -0.376 e. The third-order valence-corrected chi connectivity index (χ3v) is 8.08. The molecule has 3 aliphatic rings. The van der Waals surface area contributed by atoms with Gasteiger partial charge in [-0.2, -0.15) is 0 Å². The molecule has 3 aliphatic heterocycles. The molecule has 0 saturated carbocycles. The number of hydrogen-bond donors (Lipinski definition) is 1. The SMILES string of the molecule is O=C1C(COCc2ccccc2)NC(=O)C2(CCN(CCCc3ccccc3)CC2)N1CC1CCCO1. The van der Waals surface area contributed by atoms with E-state index >= 15 is 0 Å². The third-order valence-electron chi connectivity index (χ3n) is 8.08. The number of amides is 2. The highest BCUT2D eigenvalue weighted by Gasteiger charge is 2.54. The molecule has 7 nitrogen and oxygen atoms in total. The molecule has 1 spiro atoms. The summed E-state index contributed by atoms with van der Waals surface area (Å²) >= 11 is 0. The van der Waals surface area contributed by atoms with Crippen LogP contribution in [0.3, 0.4) is 0 Å². The molecule has 198 valence electrons. The van der Waals surface area contributed by atoms with E-state index in [1.807, 2.05) is 41.3 Å². The van der Waals surface area contributed by atoms with Gasteiger partial charge in [0, 0.05) is 26.2 Å². The molecule has 1 N–H and O–H groups in total. The van der Waals surface area contributed by atoms with Crippen LogP contribution in [0.1, 0.15) is 43.2 Å². The Kier molecular flexibility index (Phi) is 8.54. The smallest absolute Gasteiger partial charge is 0.248 e. The molecule has 2 atom stereocenters. The van der Waals surface area contributed by atoms with Crippen LogP contribution in [0.2, 0.25) is 0 Å². The van der Waals surface area contributed by atoms with E-state index in [0.29, 0.717) is 26.0 Å². The molecule has 3 heterocycles. The molecule has 0 bridgehead atoms. The molecular weight excluding hydrogens is 466 g/mol. The number of piperidine rings is 1. The van der Waals surface area contributed by atoms with E-state index in [0.717, 1.165) is 57.5 Å². The van der Waals surface area contributed by atoms with Gasteiger partial charge in [0.2, 0.25) is 11.8 Å². The maximum Gasteiger partial charge on any atom is 0.248 e. The molecule has 0 aliphatic carbocycles. The molecule has 37 heavy (non-hydrogen) atoms. The van der Waals surface area contributed by atoms with Gasteiger partial charge in [0.15, 0.2) is 0 Å². The van der Waals surface area contributed by atoms with Crippen molar-refractivity contribution >= 4 is 11.8 Å². The lowest BCUT2D eigenvalue weighted by atomic mass is 9.81. The number of likely N-dealkylation sites (tertiary alicyclic amines) is 1. The first-order chi connectivity index (χ1) is 18.1. The van der Waals surface area contributed by atoms with E-state index in [1.165, 1.54) is 5.56 Å².